The third-order valence-electron chi connectivity index (χ3n) is 4.97. The molecule has 0 radical (unpaired) electrons. The lowest BCUT2D eigenvalue weighted by atomic mass is 10.0. The van der Waals surface area contributed by atoms with Crippen LogP contribution in [0.15, 0.2) is 36.4 Å². The second kappa shape index (κ2) is 7.81. The number of hydrogen-bond donors (Lipinski definition) is 1. The maximum Gasteiger partial charge on any atom is 0.321 e. The fourth-order valence-electron chi connectivity index (χ4n) is 3.45. The van der Waals surface area contributed by atoms with Gasteiger partial charge in [-0.3, -0.25) is 4.90 Å². The van der Waals surface area contributed by atoms with Crippen molar-refractivity contribution in [1.82, 2.24) is 5.32 Å². The Morgan fingerprint density at radius 3 is 2.62 bits per heavy atom. The van der Waals surface area contributed by atoms with Crippen molar-refractivity contribution < 1.29 is 9.53 Å². The number of nitrogens with zero attached hydrogens (tertiary/aromatic N) is 1. The second-order valence-electron chi connectivity index (χ2n) is 6.98. The van der Waals surface area contributed by atoms with Crippen LogP contribution < -0.4 is 15.0 Å². The van der Waals surface area contributed by atoms with Gasteiger partial charge in [0, 0.05) is 19.2 Å². The van der Waals surface area contributed by atoms with E-state index in [4.69, 9.17) is 4.74 Å². The highest BCUT2D eigenvalue weighted by molar-refractivity contribution is 5.92. The summed E-state index contributed by atoms with van der Waals surface area (Å²) < 4.78 is 6.19. The Morgan fingerprint density at radius 1 is 1.23 bits per heavy atom. The number of rotatable bonds is 6. The monoisotopic (exact) mass is 352 g/mol. The molecule has 0 bridgehead atoms. The van der Waals surface area contributed by atoms with Crippen LogP contribution in [0, 0.1) is 13.8 Å². The van der Waals surface area contributed by atoms with Crippen LogP contribution in [0.3, 0.4) is 0 Å². The van der Waals surface area contributed by atoms with Gasteiger partial charge in [-0.05, 0) is 62.8 Å². The maximum absolute atomic E-state index is 12.3. The molecule has 4 heteroatoms. The highest BCUT2D eigenvalue weighted by Gasteiger charge is 2.29. The molecule has 1 aliphatic rings. The Balaban J connectivity index is 1.94. The Kier molecular flexibility index (Phi) is 5.50. The van der Waals surface area contributed by atoms with E-state index in [1.165, 1.54) is 24.0 Å². The summed E-state index contributed by atoms with van der Waals surface area (Å²) in [6.07, 6.45) is 2.43. The van der Waals surface area contributed by atoms with Gasteiger partial charge in [-0.15, -0.1) is 0 Å². The van der Waals surface area contributed by atoms with Gasteiger partial charge in [0.1, 0.15) is 12.4 Å². The lowest BCUT2D eigenvalue weighted by Gasteiger charge is -2.25. The van der Waals surface area contributed by atoms with Crippen LogP contribution >= 0.6 is 0 Å². The summed E-state index contributed by atoms with van der Waals surface area (Å²) in [4.78, 5) is 14.1. The molecule has 1 aliphatic carbocycles. The number of carbonyl (C=O) groups excluding carboxylic acids is 1. The molecular formula is C22H28N2O2. The van der Waals surface area contributed by atoms with E-state index in [1.807, 2.05) is 19.1 Å². The smallest absolute Gasteiger partial charge is 0.321 e. The standard InChI is InChI=1S/C22H28N2O2/c1-5-24(22(25)23-4)20-8-6-7-18(17-10-11-17)19(20)14-26-21-12-9-15(2)13-16(21)3/h6-9,12-13,17H,5,10-11,14H2,1-4H3,(H,23,25). The molecule has 1 N–H and O–H groups in total. The van der Waals surface area contributed by atoms with Gasteiger partial charge in [-0.2, -0.15) is 0 Å². The number of benzene rings is 2. The molecule has 0 heterocycles. The molecule has 0 aliphatic heterocycles. The minimum atomic E-state index is -0.0896. The van der Waals surface area contributed by atoms with Crippen LogP contribution in [0.1, 0.15) is 47.9 Å². The van der Waals surface area contributed by atoms with Crippen molar-refractivity contribution in [1.29, 1.82) is 0 Å². The molecule has 2 aromatic rings. The van der Waals surface area contributed by atoms with Gasteiger partial charge in [0.2, 0.25) is 0 Å². The lowest BCUT2D eigenvalue weighted by molar-refractivity contribution is 0.248. The molecule has 138 valence electrons. The van der Waals surface area contributed by atoms with E-state index in [-0.39, 0.29) is 6.03 Å². The number of aryl methyl sites for hydroxylation is 2. The number of amides is 2. The van der Waals surface area contributed by atoms with E-state index in [0.29, 0.717) is 19.1 Å². The lowest BCUT2D eigenvalue weighted by Crippen LogP contribution is -2.38. The summed E-state index contributed by atoms with van der Waals surface area (Å²) >= 11 is 0. The third-order valence-corrected chi connectivity index (χ3v) is 4.97. The second-order valence-corrected chi connectivity index (χ2v) is 6.98. The Hall–Kier alpha value is -2.49. The van der Waals surface area contributed by atoms with Gasteiger partial charge in [0.15, 0.2) is 0 Å². The van der Waals surface area contributed by atoms with E-state index in [2.05, 4.69) is 43.4 Å². The average molecular weight is 352 g/mol. The maximum atomic E-state index is 12.3. The van der Waals surface area contributed by atoms with Crippen LogP contribution in [0.5, 0.6) is 5.75 Å². The Labute approximate surface area is 156 Å². The van der Waals surface area contributed by atoms with Crippen LogP contribution in [0.25, 0.3) is 0 Å². The zero-order chi connectivity index (χ0) is 18.7. The number of nitrogens with one attached hydrogen (secondary N) is 1. The van der Waals surface area contributed by atoms with Crippen LogP contribution in [-0.4, -0.2) is 19.6 Å². The van der Waals surface area contributed by atoms with Gasteiger partial charge >= 0.3 is 6.03 Å². The highest BCUT2D eigenvalue weighted by Crippen LogP contribution is 2.44. The summed E-state index contributed by atoms with van der Waals surface area (Å²) in [6.45, 7) is 7.23. The van der Waals surface area contributed by atoms with Gasteiger partial charge < -0.3 is 10.1 Å². The Bertz CT molecular complexity index is 797. The summed E-state index contributed by atoms with van der Waals surface area (Å²) in [6, 6.07) is 12.4. The van der Waals surface area contributed by atoms with E-state index < -0.39 is 0 Å². The first-order chi connectivity index (χ1) is 12.5. The van der Waals surface area contributed by atoms with E-state index in [0.717, 1.165) is 22.6 Å². The summed E-state index contributed by atoms with van der Waals surface area (Å²) in [5.74, 6) is 1.49. The third kappa shape index (κ3) is 3.85. The molecule has 26 heavy (non-hydrogen) atoms. The average Bonchev–Trinajstić information content (AvgIpc) is 3.47. The quantitative estimate of drug-likeness (QED) is 0.801. The van der Waals surface area contributed by atoms with Crippen molar-refractivity contribution in [2.75, 3.05) is 18.5 Å². The summed E-state index contributed by atoms with van der Waals surface area (Å²) in [7, 11) is 1.67. The number of carbonyl (C=O) groups is 1. The molecule has 0 saturated heterocycles. The number of anilines is 1. The van der Waals surface area contributed by atoms with Crippen molar-refractivity contribution >= 4 is 11.7 Å². The van der Waals surface area contributed by atoms with E-state index in [9.17, 15) is 4.79 Å². The van der Waals surface area contributed by atoms with E-state index in [1.54, 1.807) is 11.9 Å². The number of urea groups is 1. The summed E-state index contributed by atoms with van der Waals surface area (Å²) in [5, 5.41) is 2.74. The molecule has 4 nitrogen and oxygen atoms in total. The molecule has 0 atom stereocenters. The molecule has 1 saturated carbocycles. The SMILES string of the molecule is CCN(C(=O)NC)c1cccc(C2CC2)c1COc1ccc(C)cc1C. The first-order valence-electron chi connectivity index (χ1n) is 9.36. The van der Waals surface area contributed by atoms with Crippen molar-refractivity contribution in [3.8, 4) is 5.75 Å². The molecule has 1 fully saturated rings. The van der Waals surface area contributed by atoms with Crippen molar-refractivity contribution in [3.63, 3.8) is 0 Å². The molecule has 2 amide bonds. The molecule has 3 rings (SSSR count). The highest BCUT2D eigenvalue weighted by atomic mass is 16.5. The zero-order valence-electron chi connectivity index (χ0n) is 16.1. The van der Waals surface area contributed by atoms with Crippen LogP contribution in [0.2, 0.25) is 0 Å². The number of ether oxygens (including phenoxy) is 1. The van der Waals surface area contributed by atoms with Crippen LogP contribution in [0.4, 0.5) is 10.5 Å². The largest absolute Gasteiger partial charge is 0.489 e. The van der Waals surface area contributed by atoms with E-state index >= 15 is 0 Å². The van der Waals surface area contributed by atoms with Gasteiger partial charge in [-0.1, -0.05) is 29.8 Å². The minimum absolute atomic E-state index is 0.0896. The minimum Gasteiger partial charge on any atom is -0.489 e. The zero-order valence-corrected chi connectivity index (χ0v) is 16.1. The van der Waals surface area contributed by atoms with Gasteiger partial charge in [-0.25, -0.2) is 4.79 Å². The first-order valence-corrected chi connectivity index (χ1v) is 9.36. The summed E-state index contributed by atoms with van der Waals surface area (Å²) in [5.41, 5.74) is 5.75. The Morgan fingerprint density at radius 2 is 2.00 bits per heavy atom. The molecule has 0 spiro atoms. The van der Waals surface area contributed by atoms with Crippen LogP contribution in [-0.2, 0) is 6.61 Å². The fraction of sp³-hybridized carbons (Fsp3) is 0.409. The topological polar surface area (TPSA) is 41.6 Å². The number of hydrogen-bond acceptors (Lipinski definition) is 2. The van der Waals surface area contributed by atoms with Crippen molar-refractivity contribution in [3.05, 3.63) is 58.7 Å². The first kappa shape index (κ1) is 18.3. The van der Waals surface area contributed by atoms with Gasteiger partial charge in [0.05, 0.1) is 5.69 Å². The van der Waals surface area contributed by atoms with Gasteiger partial charge in [0.25, 0.3) is 0 Å². The predicted octanol–water partition coefficient (Wildman–Crippen LogP) is 4.93. The van der Waals surface area contributed by atoms with Crippen molar-refractivity contribution in [2.24, 2.45) is 0 Å². The molecular weight excluding hydrogens is 324 g/mol. The molecule has 0 aromatic heterocycles. The normalized spacial score (nSPS) is 13.4. The fourth-order valence-corrected chi connectivity index (χ4v) is 3.45. The predicted molar refractivity (Wildman–Crippen MR) is 106 cm³/mol. The molecule has 2 aromatic carbocycles. The van der Waals surface area contributed by atoms with Crippen molar-refractivity contribution in [2.45, 2.75) is 46.1 Å². The molecule has 0 unspecified atom stereocenters.